The molecule has 0 aliphatic heterocycles. The molecule has 0 aliphatic rings. The van der Waals surface area contributed by atoms with Crippen molar-refractivity contribution in [1.82, 2.24) is 9.29 Å². The molecule has 0 N–H and O–H groups in total. The van der Waals surface area contributed by atoms with Crippen molar-refractivity contribution in [2.75, 3.05) is 12.8 Å². The summed E-state index contributed by atoms with van der Waals surface area (Å²) in [7, 11) is 0. The van der Waals surface area contributed by atoms with Gasteiger partial charge in [-0.1, -0.05) is 83.7 Å². The van der Waals surface area contributed by atoms with E-state index in [1.54, 1.807) is 0 Å². The summed E-state index contributed by atoms with van der Waals surface area (Å²) in [5.74, 6) is 0. The predicted octanol–water partition coefficient (Wildman–Crippen LogP) is 8.14. The summed E-state index contributed by atoms with van der Waals surface area (Å²) in [4.78, 5) is 3.89. The number of rotatable bonds is 6. The van der Waals surface area contributed by atoms with E-state index in [4.69, 9.17) is 0 Å². The molecule has 0 saturated carbocycles. The second-order valence-electron chi connectivity index (χ2n) is 6.98. The lowest BCUT2D eigenvalue weighted by Gasteiger charge is -2.19. The highest BCUT2D eigenvalue weighted by Gasteiger charge is 2.06. The summed E-state index contributed by atoms with van der Waals surface area (Å²) < 4.78 is 3.56. The molecule has 0 bridgehead atoms. The van der Waals surface area contributed by atoms with Gasteiger partial charge in [-0.25, -0.2) is 4.31 Å². The van der Waals surface area contributed by atoms with Crippen LogP contribution in [0.5, 0.6) is 0 Å². The van der Waals surface area contributed by atoms with Crippen LogP contribution >= 0.6 is 27.9 Å². The van der Waals surface area contributed by atoms with Gasteiger partial charge in [0.05, 0.1) is 0 Å². The number of halogens is 1. The lowest BCUT2D eigenvalue weighted by Crippen LogP contribution is -2.16. The first-order chi connectivity index (χ1) is 15.5. The summed E-state index contributed by atoms with van der Waals surface area (Å²) in [6.45, 7) is 10.8. The third kappa shape index (κ3) is 14.1. The maximum Gasteiger partial charge on any atom is 0.0343 e. The summed E-state index contributed by atoms with van der Waals surface area (Å²) in [5.41, 5.74) is 5.45. The molecule has 0 amide bonds. The van der Waals surface area contributed by atoms with Gasteiger partial charge >= 0.3 is 0 Å². The molecule has 172 valence electrons. The molecular formula is C28H37BrN2S. The molecule has 0 spiro atoms. The molecule has 0 saturated heterocycles. The van der Waals surface area contributed by atoms with Gasteiger partial charge in [-0.15, -0.1) is 12.8 Å². The molecule has 0 radical (unpaired) electrons. The van der Waals surface area contributed by atoms with E-state index in [9.17, 15) is 0 Å². The van der Waals surface area contributed by atoms with Gasteiger partial charge in [0.15, 0.2) is 0 Å². The van der Waals surface area contributed by atoms with Crippen LogP contribution in [0.2, 0.25) is 0 Å². The number of pyridine rings is 1. The quantitative estimate of drug-likeness (QED) is 0.245. The first-order valence-electron chi connectivity index (χ1n) is 10.8. The number of aryl methyl sites for hydroxylation is 3. The van der Waals surface area contributed by atoms with Crippen LogP contribution in [0.15, 0.2) is 77.5 Å². The Balaban J connectivity index is 0.000000474. The van der Waals surface area contributed by atoms with Gasteiger partial charge in [-0.2, -0.15) is 0 Å². The number of nitrogens with zero attached hydrogens (tertiary/aromatic N) is 2. The topological polar surface area (TPSA) is 16.1 Å². The van der Waals surface area contributed by atoms with Crippen LogP contribution in [-0.4, -0.2) is 22.1 Å². The van der Waals surface area contributed by atoms with Crippen LogP contribution in [0.25, 0.3) is 0 Å². The standard InChI is InChI=1S/C12H18BrNS.C7H9N.C7H8.C2H2/c1-4-7-14(15-3)9-11-8-12(13)6-5-10(11)2;1-2-7-3-5-8-6-4-7;1-7-5-3-2-4-6-7;1-2/h5-6,8H,4,7,9H2,1-3H3;3-6H,2H2,1H3;2-6H,1H3;1-2H. The van der Waals surface area contributed by atoms with E-state index >= 15 is 0 Å². The largest absolute Gasteiger partial charge is 0.265 e. The molecule has 0 aliphatic carbocycles. The van der Waals surface area contributed by atoms with Gasteiger partial charge in [0.25, 0.3) is 0 Å². The van der Waals surface area contributed by atoms with E-state index in [1.807, 2.05) is 54.7 Å². The Morgan fingerprint density at radius 3 is 2.00 bits per heavy atom. The molecule has 3 aromatic rings. The molecule has 1 heterocycles. The summed E-state index contributed by atoms with van der Waals surface area (Å²) >= 11 is 5.34. The third-order valence-electron chi connectivity index (χ3n) is 4.49. The minimum Gasteiger partial charge on any atom is -0.265 e. The average molecular weight is 514 g/mol. The smallest absolute Gasteiger partial charge is 0.0343 e. The molecule has 32 heavy (non-hydrogen) atoms. The zero-order valence-corrected chi connectivity index (χ0v) is 22.5. The van der Waals surface area contributed by atoms with Gasteiger partial charge < -0.3 is 0 Å². The first-order valence-corrected chi connectivity index (χ1v) is 12.8. The van der Waals surface area contributed by atoms with E-state index in [0.29, 0.717) is 0 Å². The van der Waals surface area contributed by atoms with Gasteiger partial charge in [0.2, 0.25) is 0 Å². The van der Waals surface area contributed by atoms with Crippen molar-refractivity contribution in [3.63, 3.8) is 0 Å². The Hall–Kier alpha value is -2.06. The second kappa shape index (κ2) is 19.6. The average Bonchev–Trinajstić information content (AvgIpc) is 2.84. The third-order valence-corrected chi connectivity index (χ3v) is 5.81. The zero-order valence-electron chi connectivity index (χ0n) is 20.1. The van der Waals surface area contributed by atoms with Crippen molar-refractivity contribution in [2.24, 2.45) is 0 Å². The van der Waals surface area contributed by atoms with Gasteiger partial charge in [0.1, 0.15) is 0 Å². The fourth-order valence-corrected chi connectivity index (χ4v) is 3.68. The first kappa shape index (κ1) is 29.9. The Morgan fingerprint density at radius 2 is 1.56 bits per heavy atom. The van der Waals surface area contributed by atoms with E-state index in [-0.39, 0.29) is 0 Å². The second-order valence-corrected chi connectivity index (χ2v) is 8.78. The van der Waals surface area contributed by atoms with Gasteiger partial charge in [-0.3, -0.25) is 4.98 Å². The van der Waals surface area contributed by atoms with Crippen LogP contribution in [0.4, 0.5) is 0 Å². The number of hydrogen-bond donors (Lipinski definition) is 0. The lowest BCUT2D eigenvalue weighted by molar-refractivity contribution is 0.465. The number of benzene rings is 2. The molecule has 2 nitrogen and oxygen atoms in total. The Labute approximate surface area is 209 Å². The maximum atomic E-state index is 4.00. The minimum absolute atomic E-state index is 1.03. The summed E-state index contributed by atoms with van der Waals surface area (Å²) in [5, 5.41) is 0. The van der Waals surface area contributed by atoms with Crippen LogP contribution in [0.3, 0.4) is 0 Å². The molecule has 3 rings (SSSR count). The molecular weight excluding hydrogens is 476 g/mol. The summed E-state index contributed by atoms with van der Waals surface area (Å²) in [6.07, 6.45) is 16.1. The van der Waals surface area contributed by atoms with Crippen LogP contribution in [0.1, 0.15) is 42.5 Å². The molecule has 2 aromatic carbocycles. The highest BCUT2D eigenvalue weighted by atomic mass is 79.9. The van der Waals surface area contributed by atoms with Gasteiger partial charge in [-0.05, 0) is 73.9 Å². The van der Waals surface area contributed by atoms with E-state index in [1.165, 1.54) is 33.1 Å². The Bertz CT molecular complexity index is 851. The lowest BCUT2D eigenvalue weighted by atomic mass is 10.1. The fourth-order valence-electron chi connectivity index (χ4n) is 2.64. The molecule has 1 aromatic heterocycles. The van der Waals surface area contributed by atoms with Crippen molar-refractivity contribution in [1.29, 1.82) is 0 Å². The Kier molecular flexibility index (Phi) is 18.3. The van der Waals surface area contributed by atoms with Crippen molar-refractivity contribution in [3.05, 3.63) is 99.8 Å². The van der Waals surface area contributed by atoms with Crippen molar-refractivity contribution in [2.45, 2.75) is 47.1 Å². The normalized spacial score (nSPS) is 9.41. The van der Waals surface area contributed by atoms with Gasteiger partial charge in [0, 0.05) is 30.0 Å². The van der Waals surface area contributed by atoms with Crippen LogP contribution in [-0.2, 0) is 13.0 Å². The highest BCUT2D eigenvalue weighted by Crippen LogP contribution is 2.20. The van der Waals surface area contributed by atoms with Crippen LogP contribution in [0, 0.1) is 26.7 Å². The van der Waals surface area contributed by atoms with Crippen LogP contribution < -0.4 is 0 Å². The van der Waals surface area contributed by atoms with Crippen molar-refractivity contribution >= 4 is 27.9 Å². The molecule has 0 atom stereocenters. The fraction of sp³-hybridized carbons (Fsp3) is 0.321. The SMILES string of the molecule is C#C.CCCN(Cc1cc(Br)ccc1C)SC.CCc1ccncc1.Cc1ccccc1. The Morgan fingerprint density at radius 1 is 0.938 bits per heavy atom. The van der Waals surface area contributed by atoms with E-state index in [0.717, 1.165) is 19.5 Å². The highest BCUT2D eigenvalue weighted by molar-refractivity contribution is 9.10. The predicted molar refractivity (Wildman–Crippen MR) is 148 cm³/mol. The summed E-state index contributed by atoms with van der Waals surface area (Å²) in [6, 6.07) is 20.8. The number of hydrogen-bond acceptors (Lipinski definition) is 3. The molecule has 0 unspecified atom stereocenters. The van der Waals surface area contributed by atoms with E-state index in [2.05, 4.69) is 102 Å². The maximum absolute atomic E-state index is 4.00. The number of aromatic nitrogens is 1. The zero-order chi connectivity index (χ0) is 24.2. The molecule has 4 heteroatoms. The minimum atomic E-state index is 1.03. The number of terminal acetylenes is 1. The van der Waals surface area contributed by atoms with Crippen molar-refractivity contribution in [3.8, 4) is 12.8 Å². The monoisotopic (exact) mass is 512 g/mol. The van der Waals surface area contributed by atoms with E-state index < -0.39 is 0 Å². The molecule has 0 fully saturated rings. The van der Waals surface area contributed by atoms with Crippen molar-refractivity contribution < 1.29 is 0 Å².